The Balaban J connectivity index is 0. The predicted octanol–water partition coefficient (Wildman–Crippen LogP) is -3.35. The average Bonchev–Trinajstić information content (AvgIpc) is 2.56. The van der Waals surface area contributed by atoms with Crippen molar-refractivity contribution in [3.05, 3.63) is 0 Å². The highest BCUT2D eigenvalue weighted by Crippen LogP contribution is 1.97. The van der Waals surface area contributed by atoms with Crippen molar-refractivity contribution in [1.29, 1.82) is 0 Å². The standard InChI is InChI=1S/C14H23N3O10.H3NO/c18-10(19)5-15(1-3-16(6-11(20)21)7-12(22)23)2-4-17(8-13(24)25)9-14(26)27;1-2/h1-9H2,(H,18,19)(H,20,21)(H,22,23)(H,24,25)(H,26,27);2H,1H2. The summed E-state index contributed by atoms with van der Waals surface area (Å²) in [5, 5.41) is 50.6. The summed E-state index contributed by atoms with van der Waals surface area (Å²) in [6.45, 7) is -2.74. The van der Waals surface area contributed by atoms with Crippen molar-refractivity contribution >= 4 is 29.8 Å². The van der Waals surface area contributed by atoms with Crippen LogP contribution >= 0.6 is 0 Å². The van der Waals surface area contributed by atoms with E-state index in [0.717, 1.165) is 9.80 Å². The van der Waals surface area contributed by atoms with Crippen molar-refractivity contribution in [2.24, 2.45) is 5.90 Å². The molecule has 15 heteroatoms. The second-order valence-electron chi connectivity index (χ2n) is 5.67. The lowest BCUT2D eigenvalue weighted by Gasteiger charge is -2.27. The van der Waals surface area contributed by atoms with Gasteiger partial charge in [-0.1, -0.05) is 0 Å². The van der Waals surface area contributed by atoms with Gasteiger partial charge in [-0.25, -0.2) is 5.90 Å². The monoisotopic (exact) mass is 426 g/mol. The summed E-state index contributed by atoms with van der Waals surface area (Å²) in [4.78, 5) is 57.6. The second-order valence-corrected chi connectivity index (χ2v) is 5.67. The fourth-order valence-corrected chi connectivity index (χ4v) is 2.22. The first-order valence-electron chi connectivity index (χ1n) is 8.01. The Kier molecular flexibility index (Phi) is 15.8. The van der Waals surface area contributed by atoms with Crippen LogP contribution in [0.3, 0.4) is 0 Å². The lowest BCUT2D eigenvalue weighted by molar-refractivity contribution is -0.143. The minimum atomic E-state index is -1.24. The molecule has 0 saturated heterocycles. The molecule has 0 bridgehead atoms. The Hall–Kier alpha value is -2.85. The van der Waals surface area contributed by atoms with Crippen LogP contribution in [0.1, 0.15) is 0 Å². The molecule has 0 aromatic rings. The van der Waals surface area contributed by atoms with E-state index in [1.165, 1.54) is 4.90 Å². The largest absolute Gasteiger partial charge is 0.480 e. The number of carboxylic acids is 5. The second kappa shape index (κ2) is 16.1. The van der Waals surface area contributed by atoms with E-state index in [2.05, 4.69) is 5.90 Å². The van der Waals surface area contributed by atoms with Gasteiger partial charge in [-0.15, -0.1) is 0 Å². The first-order valence-corrected chi connectivity index (χ1v) is 8.01. The number of nitrogens with zero attached hydrogens (tertiary/aromatic N) is 3. The zero-order chi connectivity index (χ0) is 23.0. The molecule has 0 aliphatic rings. The molecule has 0 atom stereocenters. The molecule has 0 aromatic heterocycles. The van der Waals surface area contributed by atoms with Crippen LogP contribution in [0.2, 0.25) is 0 Å². The number of carboxylic acid groups (broad SMARTS) is 5. The molecular weight excluding hydrogens is 400 g/mol. The molecule has 0 aromatic carbocycles. The zero-order valence-electron chi connectivity index (χ0n) is 15.5. The van der Waals surface area contributed by atoms with E-state index in [0.29, 0.717) is 0 Å². The zero-order valence-corrected chi connectivity index (χ0v) is 15.5. The van der Waals surface area contributed by atoms with Crippen LogP contribution in [0.25, 0.3) is 0 Å². The summed E-state index contributed by atoms with van der Waals surface area (Å²) in [6.07, 6.45) is 0. The highest BCUT2D eigenvalue weighted by atomic mass is 16.4. The van der Waals surface area contributed by atoms with Crippen molar-refractivity contribution in [3.63, 3.8) is 0 Å². The van der Waals surface area contributed by atoms with E-state index in [4.69, 9.17) is 30.7 Å². The van der Waals surface area contributed by atoms with Gasteiger partial charge in [0.1, 0.15) is 0 Å². The molecule has 0 aliphatic carbocycles. The Morgan fingerprint density at radius 1 is 0.448 bits per heavy atom. The summed E-state index contributed by atoms with van der Waals surface area (Å²) in [5.74, 6) is -2.66. The molecule has 0 spiro atoms. The van der Waals surface area contributed by atoms with Crippen LogP contribution in [0.4, 0.5) is 0 Å². The molecular formula is C14H26N4O11. The number of hydrogen-bond donors (Lipinski definition) is 7. The van der Waals surface area contributed by atoms with E-state index >= 15 is 0 Å². The van der Waals surface area contributed by atoms with Gasteiger partial charge in [0.2, 0.25) is 0 Å². The van der Waals surface area contributed by atoms with Crippen LogP contribution in [-0.2, 0) is 24.0 Å². The number of aliphatic carboxylic acids is 5. The number of hydrogen-bond acceptors (Lipinski definition) is 10. The quantitative estimate of drug-likeness (QED) is 0.119. The lowest BCUT2D eigenvalue weighted by Crippen LogP contribution is -2.45. The van der Waals surface area contributed by atoms with Crippen molar-refractivity contribution in [3.8, 4) is 0 Å². The Morgan fingerprint density at radius 3 is 0.828 bits per heavy atom. The third kappa shape index (κ3) is 18.3. The van der Waals surface area contributed by atoms with Gasteiger partial charge in [0.15, 0.2) is 0 Å². The molecule has 8 N–H and O–H groups in total. The van der Waals surface area contributed by atoms with Gasteiger partial charge in [0.05, 0.1) is 32.7 Å². The van der Waals surface area contributed by atoms with Gasteiger partial charge in [-0.2, -0.15) is 0 Å². The summed E-state index contributed by atoms with van der Waals surface area (Å²) in [5.41, 5.74) is 0. The molecule has 0 aliphatic heterocycles. The Labute approximate surface area is 165 Å². The highest BCUT2D eigenvalue weighted by molar-refractivity contribution is 5.73. The molecule has 0 amide bonds. The summed E-state index contributed by atoms with van der Waals surface area (Å²) < 4.78 is 0. The first kappa shape index (κ1) is 28.4. The van der Waals surface area contributed by atoms with Crippen LogP contribution in [0.5, 0.6) is 0 Å². The van der Waals surface area contributed by atoms with Gasteiger partial charge in [0.25, 0.3) is 0 Å². The van der Waals surface area contributed by atoms with Crippen molar-refractivity contribution < 1.29 is 54.7 Å². The number of nitrogens with two attached hydrogens (primary N) is 1. The fourth-order valence-electron chi connectivity index (χ4n) is 2.22. The average molecular weight is 426 g/mol. The van der Waals surface area contributed by atoms with Gasteiger partial charge < -0.3 is 30.7 Å². The molecule has 0 saturated carbocycles. The van der Waals surface area contributed by atoms with Crippen LogP contribution < -0.4 is 5.90 Å². The SMILES string of the molecule is NO.O=C(O)CN(CCN(CC(=O)O)CC(=O)O)CCN(CC(=O)O)CC(=O)O. The van der Waals surface area contributed by atoms with E-state index in [1.807, 2.05) is 0 Å². The van der Waals surface area contributed by atoms with Crippen LogP contribution in [-0.4, -0.2) is 134 Å². The molecule has 29 heavy (non-hydrogen) atoms. The van der Waals surface area contributed by atoms with Gasteiger partial charge >= 0.3 is 29.8 Å². The van der Waals surface area contributed by atoms with E-state index in [-0.39, 0.29) is 26.2 Å². The molecule has 0 heterocycles. The first-order chi connectivity index (χ1) is 13.5. The maximum absolute atomic E-state index is 11.0. The maximum Gasteiger partial charge on any atom is 0.317 e. The van der Waals surface area contributed by atoms with E-state index < -0.39 is 62.6 Å². The molecule has 0 rings (SSSR count). The molecule has 0 unspecified atom stereocenters. The molecule has 168 valence electrons. The predicted molar refractivity (Wildman–Crippen MR) is 93.5 cm³/mol. The third-order valence-corrected chi connectivity index (χ3v) is 3.26. The summed E-state index contributed by atoms with van der Waals surface area (Å²) in [7, 11) is 0. The van der Waals surface area contributed by atoms with E-state index in [1.54, 1.807) is 0 Å². The maximum atomic E-state index is 11.0. The highest BCUT2D eigenvalue weighted by Gasteiger charge is 2.19. The van der Waals surface area contributed by atoms with Gasteiger partial charge in [0, 0.05) is 26.2 Å². The Morgan fingerprint density at radius 2 is 0.621 bits per heavy atom. The number of rotatable bonds is 16. The van der Waals surface area contributed by atoms with Crippen LogP contribution in [0.15, 0.2) is 0 Å². The summed E-state index contributed by atoms with van der Waals surface area (Å²) in [6, 6.07) is 0. The number of carbonyl (C=O) groups is 5. The summed E-state index contributed by atoms with van der Waals surface area (Å²) >= 11 is 0. The van der Waals surface area contributed by atoms with Crippen molar-refractivity contribution in [2.75, 3.05) is 58.9 Å². The van der Waals surface area contributed by atoms with E-state index in [9.17, 15) is 24.0 Å². The molecule has 0 radical (unpaired) electrons. The molecule has 15 nitrogen and oxygen atoms in total. The minimum Gasteiger partial charge on any atom is -0.480 e. The normalized spacial score (nSPS) is 10.5. The third-order valence-electron chi connectivity index (χ3n) is 3.26. The smallest absolute Gasteiger partial charge is 0.317 e. The van der Waals surface area contributed by atoms with Gasteiger partial charge in [-0.3, -0.25) is 38.7 Å². The molecule has 0 fully saturated rings. The van der Waals surface area contributed by atoms with Crippen molar-refractivity contribution in [2.45, 2.75) is 0 Å². The lowest BCUT2D eigenvalue weighted by atomic mass is 10.3. The Bertz CT molecular complexity index is 486. The van der Waals surface area contributed by atoms with Crippen LogP contribution in [0, 0.1) is 0 Å². The topological polar surface area (TPSA) is 242 Å². The minimum absolute atomic E-state index is 0.000836. The van der Waals surface area contributed by atoms with Gasteiger partial charge in [-0.05, 0) is 0 Å². The van der Waals surface area contributed by atoms with Crippen molar-refractivity contribution in [1.82, 2.24) is 14.7 Å². The fraction of sp³-hybridized carbons (Fsp3) is 0.643.